The number of carbonyl (C=O) groups excluding carboxylic acids is 2. The van der Waals surface area contributed by atoms with Crippen molar-refractivity contribution in [1.29, 1.82) is 0 Å². The van der Waals surface area contributed by atoms with E-state index < -0.39 is 11.9 Å². The zero-order valence-electron chi connectivity index (χ0n) is 10.7. The lowest BCUT2D eigenvalue weighted by atomic mass is 10.1. The summed E-state index contributed by atoms with van der Waals surface area (Å²) >= 11 is 0. The molecular formula is C13H18N2O4. The molecule has 0 radical (unpaired) electrons. The van der Waals surface area contributed by atoms with Gasteiger partial charge < -0.3 is 14.9 Å². The molecule has 3 aliphatic rings. The van der Waals surface area contributed by atoms with E-state index in [0.29, 0.717) is 38.5 Å². The second kappa shape index (κ2) is 4.51. The van der Waals surface area contributed by atoms with E-state index >= 15 is 0 Å². The van der Waals surface area contributed by atoms with Crippen LogP contribution in [0.5, 0.6) is 0 Å². The van der Waals surface area contributed by atoms with E-state index in [1.165, 1.54) is 0 Å². The molecule has 3 fully saturated rings. The number of carbonyl (C=O) groups is 3. The lowest BCUT2D eigenvalue weighted by molar-refractivity contribution is -0.141. The smallest absolute Gasteiger partial charge is 0.308 e. The molecule has 0 aromatic heterocycles. The van der Waals surface area contributed by atoms with Crippen LogP contribution in [0, 0.1) is 11.8 Å². The van der Waals surface area contributed by atoms with Gasteiger partial charge in [0.25, 0.3) is 0 Å². The number of carboxylic acids is 1. The van der Waals surface area contributed by atoms with Crippen LogP contribution in [0.15, 0.2) is 0 Å². The van der Waals surface area contributed by atoms with E-state index in [2.05, 4.69) is 0 Å². The molecule has 0 spiro atoms. The normalized spacial score (nSPS) is 31.1. The third-order valence-corrected chi connectivity index (χ3v) is 4.34. The third-order valence-electron chi connectivity index (χ3n) is 4.34. The molecule has 104 valence electrons. The monoisotopic (exact) mass is 266 g/mol. The van der Waals surface area contributed by atoms with Crippen molar-refractivity contribution in [3.63, 3.8) is 0 Å². The molecule has 0 aromatic carbocycles. The number of carboxylic acid groups (broad SMARTS) is 1. The molecule has 2 unspecified atom stereocenters. The summed E-state index contributed by atoms with van der Waals surface area (Å²) in [6.07, 6.45) is 2.92. The van der Waals surface area contributed by atoms with E-state index in [1.807, 2.05) is 4.90 Å². The summed E-state index contributed by atoms with van der Waals surface area (Å²) < 4.78 is 0. The second-order valence-electron chi connectivity index (χ2n) is 5.79. The number of rotatable bonds is 3. The molecule has 2 saturated heterocycles. The number of aliphatic carboxylic acids is 1. The van der Waals surface area contributed by atoms with Crippen LogP contribution in [0.1, 0.15) is 25.7 Å². The first-order valence-corrected chi connectivity index (χ1v) is 6.87. The van der Waals surface area contributed by atoms with E-state index in [4.69, 9.17) is 5.11 Å². The van der Waals surface area contributed by atoms with Crippen LogP contribution in [-0.2, 0) is 14.4 Å². The second-order valence-corrected chi connectivity index (χ2v) is 5.79. The summed E-state index contributed by atoms with van der Waals surface area (Å²) in [7, 11) is 0. The van der Waals surface area contributed by atoms with Crippen molar-refractivity contribution in [3.05, 3.63) is 0 Å². The average molecular weight is 266 g/mol. The fourth-order valence-electron chi connectivity index (χ4n) is 3.06. The lowest BCUT2D eigenvalue weighted by Gasteiger charge is -2.20. The van der Waals surface area contributed by atoms with Crippen LogP contribution in [0.2, 0.25) is 0 Å². The topological polar surface area (TPSA) is 77.9 Å². The van der Waals surface area contributed by atoms with Crippen LogP contribution < -0.4 is 0 Å². The number of hydrogen-bond acceptors (Lipinski definition) is 3. The highest BCUT2D eigenvalue weighted by atomic mass is 16.4. The summed E-state index contributed by atoms with van der Waals surface area (Å²) in [4.78, 5) is 38.5. The predicted molar refractivity (Wildman–Crippen MR) is 65.2 cm³/mol. The first-order chi connectivity index (χ1) is 9.06. The minimum absolute atomic E-state index is 0.0414. The minimum Gasteiger partial charge on any atom is -0.481 e. The maximum atomic E-state index is 12.3. The molecule has 2 amide bonds. The molecule has 3 rings (SSSR count). The average Bonchev–Trinajstić information content (AvgIpc) is 2.95. The van der Waals surface area contributed by atoms with Gasteiger partial charge in [0, 0.05) is 32.1 Å². The maximum Gasteiger partial charge on any atom is 0.308 e. The molecule has 1 aliphatic carbocycles. The molecular weight excluding hydrogens is 248 g/mol. The van der Waals surface area contributed by atoms with Crippen LogP contribution in [0.25, 0.3) is 0 Å². The van der Waals surface area contributed by atoms with Crippen LogP contribution >= 0.6 is 0 Å². The summed E-state index contributed by atoms with van der Waals surface area (Å²) in [5, 5.41) is 8.94. The summed E-state index contributed by atoms with van der Waals surface area (Å²) in [5.41, 5.74) is 0. The Hall–Kier alpha value is -1.59. The van der Waals surface area contributed by atoms with E-state index in [0.717, 1.165) is 12.8 Å². The summed E-state index contributed by atoms with van der Waals surface area (Å²) in [6, 6.07) is 0.357. The molecule has 2 aliphatic heterocycles. The largest absolute Gasteiger partial charge is 0.481 e. The molecule has 0 bridgehead atoms. The number of amides is 2. The standard InChI is InChI=1S/C13H18N2O4/c16-11-5-9(7-15(11)10-1-2-10)12(17)14-4-3-8(6-14)13(18)19/h8-10H,1-7H2,(H,18,19). The highest BCUT2D eigenvalue weighted by Crippen LogP contribution is 2.33. The highest BCUT2D eigenvalue weighted by molar-refractivity contribution is 5.90. The molecule has 2 atom stereocenters. The Morgan fingerprint density at radius 2 is 1.84 bits per heavy atom. The Morgan fingerprint density at radius 3 is 2.42 bits per heavy atom. The minimum atomic E-state index is -0.836. The van der Waals surface area contributed by atoms with Crippen molar-refractivity contribution in [2.75, 3.05) is 19.6 Å². The van der Waals surface area contributed by atoms with E-state index in [1.54, 1.807) is 4.90 Å². The van der Waals surface area contributed by atoms with Crippen LogP contribution in [-0.4, -0.2) is 58.4 Å². The number of nitrogens with zero attached hydrogens (tertiary/aromatic N) is 2. The van der Waals surface area contributed by atoms with Gasteiger partial charge in [-0.1, -0.05) is 0 Å². The summed E-state index contributed by atoms with van der Waals surface area (Å²) in [5.74, 6) is -1.51. The van der Waals surface area contributed by atoms with Gasteiger partial charge >= 0.3 is 5.97 Å². The summed E-state index contributed by atoms with van der Waals surface area (Å²) in [6.45, 7) is 1.32. The molecule has 1 N–H and O–H groups in total. The number of likely N-dealkylation sites (tertiary alicyclic amines) is 2. The Balaban J connectivity index is 1.59. The van der Waals surface area contributed by atoms with Crippen LogP contribution in [0.3, 0.4) is 0 Å². The van der Waals surface area contributed by atoms with Crippen molar-refractivity contribution < 1.29 is 19.5 Å². The SMILES string of the molecule is O=C(O)C1CCN(C(=O)C2CC(=O)N(C3CC3)C2)C1. The van der Waals surface area contributed by atoms with Gasteiger partial charge in [0.15, 0.2) is 0 Å². The molecule has 19 heavy (non-hydrogen) atoms. The Labute approximate surface area is 111 Å². The Bertz CT molecular complexity index is 432. The molecule has 1 saturated carbocycles. The first-order valence-electron chi connectivity index (χ1n) is 6.87. The molecule has 6 heteroatoms. The Kier molecular flexibility index (Phi) is 2.95. The molecule has 2 heterocycles. The highest BCUT2D eigenvalue weighted by Gasteiger charge is 2.44. The van der Waals surface area contributed by atoms with Crippen molar-refractivity contribution >= 4 is 17.8 Å². The zero-order valence-corrected chi connectivity index (χ0v) is 10.7. The third kappa shape index (κ3) is 2.31. The maximum absolute atomic E-state index is 12.3. The van der Waals surface area contributed by atoms with Gasteiger partial charge in [-0.2, -0.15) is 0 Å². The lowest BCUT2D eigenvalue weighted by Crippen LogP contribution is -2.36. The van der Waals surface area contributed by atoms with Gasteiger partial charge in [0.2, 0.25) is 11.8 Å². The molecule has 6 nitrogen and oxygen atoms in total. The van der Waals surface area contributed by atoms with Crippen molar-refractivity contribution in [3.8, 4) is 0 Å². The zero-order chi connectivity index (χ0) is 13.6. The van der Waals surface area contributed by atoms with Gasteiger partial charge in [-0.15, -0.1) is 0 Å². The van der Waals surface area contributed by atoms with Crippen LogP contribution in [0.4, 0.5) is 0 Å². The van der Waals surface area contributed by atoms with Crippen molar-refractivity contribution in [2.45, 2.75) is 31.7 Å². The van der Waals surface area contributed by atoms with Gasteiger partial charge in [0.05, 0.1) is 11.8 Å². The van der Waals surface area contributed by atoms with Crippen molar-refractivity contribution in [2.24, 2.45) is 11.8 Å². The first kappa shape index (κ1) is 12.4. The van der Waals surface area contributed by atoms with Crippen molar-refractivity contribution in [1.82, 2.24) is 9.80 Å². The number of hydrogen-bond donors (Lipinski definition) is 1. The van der Waals surface area contributed by atoms with E-state index in [-0.39, 0.29) is 17.7 Å². The fraction of sp³-hybridized carbons (Fsp3) is 0.769. The quantitative estimate of drug-likeness (QED) is 0.775. The predicted octanol–water partition coefficient (Wildman–Crippen LogP) is -0.0696. The fourth-order valence-corrected chi connectivity index (χ4v) is 3.06. The Morgan fingerprint density at radius 1 is 1.11 bits per heavy atom. The van der Waals surface area contributed by atoms with Gasteiger partial charge in [-0.05, 0) is 19.3 Å². The van der Waals surface area contributed by atoms with Gasteiger partial charge in [0.1, 0.15) is 0 Å². The van der Waals surface area contributed by atoms with E-state index in [9.17, 15) is 14.4 Å². The van der Waals surface area contributed by atoms with Gasteiger partial charge in [-0.25, -0.2) is 0 Å². The van der Waals surface area contributed by atoms with Gasteiger partial charge in [-0.3, -0.25) is 14.4 Å². The molecule has 0 aromatic rings.